The molecule has 0 unspecified atom stereocenters. The first kappa shape index (κ1) is 18.3. The molecule has 0 fully saturated rings. The van der Waals surface area contributed by atoms with Crippen LogP contribution in [0.15, 0.2) is 90.1 Å². The van der Waals surface area contributed by atoms with Gasteiger partial charge >= 0.3 is 0 Å². The molecule has 0 amide bonds. The van der Waals surface area contributed by atoms with Crippen LogP contribution in [0.5, 0.6) is 0 Å². The van der Waals surface area contributed by atoms with Gasteiger partial charge in [-0.1, -0.05) is 66.7 Å². The first-order valence-electron chi connectivity index (χ1n) is 8.97. The maximum Gasteiger partial charge on any atom is 0.241 e. The lowest BCUT2D eigenvalue weighted by Gasteiger charge is -2.09. The highest BCUT2D eigenvalue weighted by Crippen LogP contribution is 2.22. The van der Waals surface area contributed by atoms with E-state index in [4.69, 9.17) is 0 Å². The molecule has 0 aliphatic carbocycles. The summed E-state index contributed by atoms with van der Waals surface area (Å²) in [4.78, 5) is 9.04. The van der Waals surface area contributed by atoms with Gasteiger partial charge in [0.05, 0.1) is 4.90 Å². The van der Waals surface area contributed by atoms with Crippen LogP contribution in [0, 0.1) is 0 Å². The molecule has 28 heavy (non-hydrogen) atoms. The maximum absolute atomic E-state index is 12.7. The smallest absolute Gasteiger partial charge is 0.236 e. The van der Waals surface area contributed by atoms with Gasteiger partial charge in [0.2, 0.25) is 10.0 Å². The Bertz CT molecular complexity index is 1190. The van der Waals surface area contributed by atoms with Crippen molar-refractivity contribution in [2.75, 3.05) is 6.54 Å². The van der Waals surface area contributed by atoms with Crippen LogP contribution in [0.4, 0.5) is 0 Å². The van der Waals surface area contributed by atoms with Crippen molar-refractivity contribution in [3.05, 3.63) is 90.8 Å². The minimum absolute atomic E-state index is 0.277. The Morgan fingerprint density at radius 3 is 2.25 bits per heavy atom. The van der Waals surface area contributed by atoms with E-state index in [1.807, 2.05) is 60.7 Å². The van der Waals surface area contributed by atoms with Crippen molar-refractivity contribution in [1.29, 1.82) is 0 Å². The van der Waals surface area contributed by atoms with Gasteiger partial charge in [0.15, 0.2) is 5.82 Å². The highest BCUT2D eigenvalue weighted by Gasteiger charge is 2.16. The number of nitrogens with one attached hydrogen (secondary N) is 1. The van der Waals surface area contributed by atoms with Crippen LogP contribution in [-0.4, -0.2) is 24.9 Å². The molecule has 140 valence electrons. The SMILES string of the molecule is O=S(=O)(NCCc1cnc(-c2ccccc2)nc1)c1cccc2ccccc12. The predicted octanol–water partition coefficient (Wildman–Crippen LogP) is 3.82. The molecule has 4 rings (SSSR count). The zero-order valence-electron chi connectivity index (χ0n) is 15.1. The van der Waals surface area contributed by atoms with Crippen LogP contribution in [0.1, 0.15) is 5.56 Å². The number of benzene rings is 3. The van der Waals surface area contributed by atoms with Crippen LogP contribution in [-0.2, 0) is 16.4 Å². The molecular weight excluding hydrogens is 370 g/mol. The quantitative estimate of drug-likeness (QED) is 0.544. The lowest BCUT2D eigenvalue weighted by molar-refractivity contribution is 0.582. The van der Waals surface area contributed by atoms with E-state index in [2.05, 4.69) is 14.7 Å². The summed E-state index contributed by atoms with van der Waals surface area (Å²) in [6.07, 6.45) is 3.99. The fourth-order valence-electron chi connectivity index (χ4n) is 3.06. The Kier molecular flexibility index (Phi) is 5.14. The molecule has 1 aromatic heterocycles. The predicted molar refractivity (Wildman–Crippen MR) is 110 cm³/mol. The number of fused-ring (bicyclic) bond motifs is 1. The summed E-state index contributed by atoms with van der Waals surface area (Å²) in [6, 6.07) is 22.5. The van der Waals surface area contributed by atoms with Crippen molar-refractivity contribution in [1.82, 2.24) is 14.7 Å². The van der Waals surface area contributed by atoms with Crippen LogP contribution in [0.25, 0.3) is 22.2 Å². The molecule has 0 saturated carbocycles. The first-order valence-corrected chi connectivity index (χ1v) is 10.5. The Labute approximate surface area is 164 Å². The van der Waals surface area contributed by atoms with Crippen molar-refractivity contribution in [2.24, 2.45) is 0 Å². The highest BCUT2D eigenvalue weighted by molar-refractivity contribution is 7.89. The summed E-state index contributed by atoms with van der Waals surface area (Å²) < 4.78 is 28.1. The molecule has 0 atom stereocenters. The molecule has 4 aromatic rings. The average molecular weight is 389 g/mol. The van der Waals surface area contributed by atoms with Gasteiger partial charge in [-0.15, -0.1) is 0 Å². The van der Waals surface area contributed by atoms with Gasteiger partial charge in [-0.2, -0.15) is 0 Å². The van der Waals surface area contributed by atoms with E-state index in [9.17, 15) is 8.42 Å². The number of sulfonamides is 1. The van der Waals surface area contributed by atoms with Gasteiger partial charge in [-0.25, -0.2) is 23.1 Å². The second-order valence-electron chi connectivity index (χ2n) is 6.41. The van der Waals surface area contributed by atoms with Gasteiger partial charge in [0, 0.05) is 29.9 Å². The van der Waals surface area contributed by atoms with Gasteiger partial charge in [-0.05, 0) is 23.4 Å². The summed E-state index contributed by atoms with van der Waals surface area (Å²) in [6.45, 7) is 0.277. The van der Waals surface area contributed by atoms with Crippen molar-refractivity contribution in [2.45, 2.75) is 11.3 Å². The third-order valence-electron chi connectivity index (χ3n) is 4.48. The van der Waals surface area contributed by atoms with Gasteiger partial charge in [0.25, 0.3) is 0 Å². The van der Waals surface area contributed by atoms with Crippen molar-refractivity contribution in [3.63, 3.8) is 0 Å². The summed E-state index contributed by atoms with van der Waals surface area (Å²) in [5.41, 5.74) is 1.83. The molecule has 6 heteroatoms. The molecular formula is C22H19N3O2S. The summed E-state index contributed by atoms with van der Waals surface area (Å²) >= 11 is 0. The standard InChI is InChI=1S/C22H19N3O2S/c26-28(27,21-12-6-10-18-7-4-5-11-20(18)21)25-14-13-17-15-23-22(24-16-17)19-8-2-1-3-9-19/h1-12,15-16,25H,13-14H2. The van der Waals surface area contributed by atoms with Gasteiger partial charge in [-0.3, -0.25) is 0 Å². The molecule has 1 heterocycles. The molecule has 0 spiro atoms. The average Bonchev–Trinajstić information content (AvgIpc) is 2.74. The summed E-state index contributed by atoms with van der Waals surface area (Å²) in [5.74, 6) is 0.653. The maximum atomic E-state index is 12.7. The largest absolute Gasteiger partial charge is 0.241 e. The van der Waals surface area contributed by atoms with E-state index in [0.29, 0.717) is 22.5 Å². The lowest BCUT2D eigenvalue weighted by atomic mass is 10.1. The molecule has 5 nitrogen and oxygen atoms in total. The third kappa shape index (κ3) is 3.93. The summed E-state index contributed by atoms with van der Waals surface area (Å²) in [7, 11) is -3.60. The molecule has 0 bridgehead atoms. The van der Waals surface area contributed by atoms with Crippen LogP contribution in [0.3, 0.4) is 0 Å². The zero-order chi connectivity index (χ0) is 19.4. The Balaban J connectivity index is 1.44. The van der Waals surface area contributed by atoms with E-state index in [1.165, 1.54) is 0 Å². The second-order valence-corrected chi connectivity index (χ2v) is 8.14. The van der Waals surface area contributed by atoms with E-state index in [0.717, 1.165) is 16.5 Å². The number of nitrogens with zero attached hydrogens (tertiary/aromatic N) is 2. The molecule has 0 saturated heterocycles. The van der Waals surface area contributed by atoms with Crippen LogP contribution >= 0.6 is 0 Å². The zero-order valence-corrected chi connectivity index (χ0v) is 15.9. The van der Waals surface area contributed by atoms with E-state index in [1.54, 1.807) is 24.5 Å². The van der Waals surface area contributed by atoms with Crippen molar-refractivity contribution in [3.8, 4) is 11.4 Å². The minimum Gasteiger partial charge on any atom is -0.236 e. The van der Waals surface area contributed by atoms with Crippen molar-refractivity contribution >= 4 is 20.8 Å². The molecule has 0 radical (unpaired) electrons. The van der Waals surface area contributed by atoms with Crippen LogP contribution < -0.4 is 4.72 Å². The molecule has 0 aliphatic heterocycles. The highest BCUT2D eigenvalue weighted by atomic mass is 32.2. The van der Waals surface area contributed by atoms with E-state index in [-0.39, 0.29) is 6.54 Å². The number of hydrogen-bond acceptors (Lipinski definition) is 4. The topological polar surface area (TPSA) is 72.0 Å². The van der Waals surface area contributed by atoms with Crippen molar-refractivity contribution < 1.29 is 8.42 Å². The summed E-state index contributed by atoms with van der Waals surface area (Å²) in [5, 5.41) is 1.61. The third-order valence-corrected chi connectivity index (χ3v) is 6.00. The van der Waals surface area contributed by atoms with Crippen LogP contribution in [0.2, 0.25) is 0 Å². The monoisotopic (exact) mass is 389 g/mol. The van der Waals surface area contributed by atoms with E-state index < -0.39 is 10.0 Å². The Morgan fingerprint density at radius 2 is 1.46 bits per heavy atom. The second kappa shape index (κ2) is 7.88. The van der Waals surface area contributed by atoms with Gasteiger partial charge < -0.3 is 0 Å². The van der Waals surface area contributed by atoms with Gasteiger partial charge in [0.1, 0.15) is 0 Å². The Morgan fingerprint density at radius 1 is 0.786 bits per heavy atom. The molecule has 3 aromatic carbocycles. The minimum atomic E-state index is -3.60. The number of aromatic nitrogens is 2. The fourth-order valence-corrected chi connectivity index (χ4v) is 4.32. The lowest BCUT2D eigenvalue weighted by Crippen LogP contribution is -2.26. The molecule has 1 N–H and O–H groups in total. The molecule has 0 aliphatic rings. The number of hydrogen-bond donors (Lipinski definition) is 1. The fraction of sp³-hybridized carbons (Fsp3) is 0.0909. The first-order chi connectivity index (χ1) is 13.6. The van der Waals surface area contributed by atoms with E-state index >= 15 is 0 Å². The number of rotatable bonds is 6. The normalized spacial score (nSPS) is 11.6. The Hall–Kier alpha value is -3.09.